The molecule has 3 rings (SSSR count). The lowest BCUT2D eigenvalue weighted by Gasteiger charge is -2.26. The Hall–Kier alpha value is -2.86. The number of nitrogens with one attached hydrogen (secondary N) is 2. The minimum atomic E-state index is -0.543. The van der Waals surface area contributed by atoms with E-state index in [-0.39, 0.29) is 42.4 Å². The average Bonchev–Trinajstić information content (AvgIpc) is 3.10. The SMILES string of the molecule is Cc1cc(Cl)c(F)c(CNC(=O)CN(C(=O)Cc2c[nH]c3ccccc23)C(C)C)c1. The minimum absolute atomic E-state index is 0.00857. The first kappa shape index (κ1) is 21.8. The summed E-state index contributed by atoms with van der Waals surface area (Å²) in [5.41, 5.74) is 2.98. The zero-order valence-corrected chi connectivity index (χ0v) is 18.0. The molecule has 5 nitrogen and oxygen atoms in total. The fraction of sp³-hybridized carbons (Fsp3) is 0.304. The molecule has 0 saturated heterocycles. The molecule has 0 spiro atoms. The summed E-state index contributed by atoms with van der Waals surface area (Å²) in [4.78, 5) is 30.1. The molecule has 0 bridgehead atoms. The Balaban J connectivity index is 1.65. The highest BCUT2D eigenvalue weighted by molar-refractivity contribution is 6.30. The van der Waals surface area contributed by atoms with Crippen molar-refractivity contribution in [3.8, 4) is 0 Å². The summed E-state index contributed by atoms with van der Waals surface area (Å²) in [6.07, 6.45) is 2.02. The topological polar surface area (TPSA) is 65.2 Å². The Bertz CT molecular complexity index is 1080. The van der Waals surface area contributed by atoms with Crippen molar-refractivity contribution >= 4 is 34.3 Å². The highest BCUT2D eigenvalue weighted by Gasteiger charge is 2.21. The monoisotopic (exact) mass is 429 g/mol. The van der Waals surface area contributed by atoms with Gasteiger partial charge in [0.05, 0.1) is 18.0 Å². The first-order valence-corrected chi connectivity index (χ1v) is 10.2. The van der Waals surface area contributed by atoms with Crippen LogP contribution in [-0.4, -0.2) is 34.3 Å². The average molecular weight is 430 g/mol. The number of hydrogen-bond donors (Lipinski definition) is 2. The largest absolute Gasteiger partial charge is 0.361 e. The third-order valence-electron chi connectivity index (χ3n) is 5.00. The van der Waals surface area contributed by atoms with Crippen LogP contribution in [0.4, 0.5) is 4.39 Å². The van der Waals surface area contributed by atoms with Crippen LogP contribution in [0.25, 0.3) is 10.9 Å². The molecule has 0 aliphatic carbocycles. The molecule has 158 valence electrons. The predicted octanol–water partition coefficient (Wildman–Crippen LogP) is 4.36. The van der Waals surface area contributed by atoms with Crippen LogP contribution in [-0.2, 0) is 22.6 Å². The minimum Gasteiger partial charge on any atom is -0.361 e. The highest BCUT2D eigenvalue weighted by atomic mass is 35.5. The Labute approximate surface area is 180 Å². The van der Waals surface area contributed by atoms with Crippen molar-refractivity contribution in [3.63, 3.8) is 0 Å². The van der Waals surface area contributed by atoms with Gasteiger partial charge in [-0.25, -0.2) is 4.39 Å². The first-order chi connectivity index (χ1) is 14.3. The van der Waals surface area contributed by atoms with E-state index in [0.29, 0.717) is 5.56 Å². The van der Waals surface area contributed by atoms with E-state index in [0.717, 1.165) is 22.0 Å². The van der Waals surface area contributed by atoms with Crippen molar-refractivity contribution in [2.75, 3.05) is 6.54 Å². The van der Waals surface area contributed by atoms with Gasteiger partial charge in [-0.15, -0.1) is 0 Å². The summed E-state index contributed by atoms with van der Waals surface area (Å²) >= 11 is 5.87. The number of aromatic amines is 1. The number of amides is 2. The third-order valence-corrected chi connectivity index (χ3v) is 5.27. The van der Waals surface area contributed by atoms with Crippen LogP contribution in [0.2, 0.25) is 5.02 Å². The lowest BCUT2D eigenvalue weighted by atomic mass is 10.1. The lowest BCUT2D eigenvalue weighted by molar-refractivity contribution is -0.137. The summed E-state index contributed by atoms with van der Waals surface area (Å²) in [5.74, 6) is -1.04. The molecule has 7 heteroatoms. The third kappa shape index (κ3) is 5.00. The van der Waals surface area contributed by atoms with Crippen molar-refractivity contribution in [1.29, 1.82) is 0 Å². The molecule has 0 atom stereocenters. The van der Waals surface area contributed by atoms with Crippen molar-refractivity contribution in [3.05, 3.63) is 70.1 Å². The van der Waals surface area contributed by atoms with E-state index >= 15 is 0 Å². The zero-order chi connectivity index (χ0) is 21.8. The fourth-order valence-corrected chi connectivity index (χ4v) is 3.72. The zero-order valence-electron chi connectivity index (χ0n) is 17.3. The number of carbonyl (C=O) groups is 2. The van der Waals surface area contributed by atoms with Crippen LogP contribution < -0.4 is 5.32 Å². The van der Waals surface area contributed by atoms with E-state index in [2.05, 4.69) is 10.3 Å². The number of aromatic nitrogens is 1. The molecule has 0 radical (unpaired) electrons. The summed E-state index contributed by atoms with van der Waals surface area (Å²) < 4.78 is 14.1. The van der Waals surface area contributed by atoms with E-state index < -0.39 is 5.82 Å². The van der Waals surface area contributed by atoms with Crippen LogP contribution in [0, 0.1) is 12.7 Å². The van der Waals surface area contributed by atoms with E-state index in [1.807, 2.05) is 44.3 Å². The maximum atomic E-state index is 14.1. The smallest absolute Gasteiger partial charge is 0.239 e. The number of para-hydroxylation sites is 1. The molecule has 3 aromatic rings. The van der Waals surface area contributed by atoms with E-state index in [1.54, 1.807) is 13.0 Å². The number of benzene rings is 2. The van der Waals surface area contributed by atoms with Gasteiger partial charge in [0.1, 0.15) is 5.82 Å². The molecule has 2 aromatic carbocycles. The maximum absolute atomic E-state index is 14.1. The number of H-pyrrole nitrogens is 1. The molecular formula is C23H25ClFN3O2. The van der Waals surface area contributed by atoms with Gasteiger partial charge in [-0.1, -0.05) is 35.9 Å². The van der Waals surface area contributed by atoms with Gasteiger partial charge in [-0.3, -0.25) is 9.59 Å². The van der Waals surface area contributed by atoms with Crippen molar-refractivity contribution in [1.82, 2.24) is 15.2 Å². The summed E-state index contributed by atoms with van der Waals surface area (Å²) in [7, 11) is 0. The first-order valence-electron chi connectivity index (χ1n) is 9.82. The summed E-state index contributed by atoms with van der Waals surface area (Å²) in [5, 5.41) is 3.70. The second-order valence-electron chi connectivity index (χ2n) is 7.65. The number of aryl methyl sites for hydroxylation is 1. The Kier molecular flexibility index (Phi) is 6.77. The molecule has 0 fully saturated rings. The number of nitrogens with zero attached hydrogens (tertiary/aromatic N) is 1. The molecule has 0 unspecified atom stereocenters. The maximum Gasteiger partial charge on any atom is 0.239 e. The van der Waals surface area contributed by atoms with E-state index in [1.165, 1.54) is 11.0 Å². The van der Waals surface area contributed by atoms with Crippen molar-refractivity contribution < 1.29 is 14.0 Å². The highest BCUT2D eigenvalue weighted by Crippen LogP contribution is 2.21. The van der Waals surface area contributed by atoms with Crippen LogP contribution in [0.5, 0.6) is 0 Å². The predicted molar refractivity (Wildman–Crippen MR) is 117 cm³/mol. The van der Waals surface area contributed by atoms with Gasteiger partial charge in [0, 0.05) is 35.2 Å². The Morgan fingerprint density at radius 2 is 1.93 bits per heavy atom. The second kappa shape index (κ2) is 9.30. The summed E-state index contributed by atoms with van der Waals surface area (Å²) in [6.45, 7) is 5.44. The molecule has 2 amide bonds. The quantitative estimate of drug-likeness (QED) is 0.586. The number of halogens is 2. The Morgan fingerprint density at radius 3 is 2.67 bits per heavy atom. The van der Waals surface area contributed by atoms with E-state index in [4.69, 9.17) is 11.6 Å². The molecule has 0 aliphatic rings. The standard InChI is InChI=1S/C23H25ClFN3O2/c1-14(2)28(22(30)10-16-11-26-20-7-5-4-6-18(16)20)13-21(29)27-12-17-8-15(3)9-19(24)23(17)25/h4-9,11,14,26H,10,12-13H2,1-3H3,(H,27,29). The van der Waals surface area contributed by atoms with Gasteiger partial charge in [0.25, 0.3) is 0 Å². The van der Waals surface area contributed by atoms with Crippen molar-refractivity contribution in [2.24, 2.45) is 0 Å². The molecule has 30 heavy (non-hydrogen) atoms. The van der Waals surface area contributed by atoms with Gasteiger partial charge >= 0.3 is 0 Å². The van der Waals surface area contributed by atoms with Crippen LogP contribution in [0.15, 0.2) is 42.6 Å². The van der Waals surface area contributed by atoms with Gasteiger partial charge in [0.15, 0.2) is 0 Å². The fourth-order valence-electron chi connectivity index (χ4n) is 3.43. The van der Waals surface area contributed by atoms with Crippen molar-refractivity contribution in [2.45, 2.75) is 39.8 Å². The molecular weight excluding hydrogens is 405 g/mol. The van der Waals surface area contributed by atoms with Crippen LogP contribution in [0.1, 0.15) is 30.5 Å². The van der Waals surface area contributed by atoms with Gasteiger partial charge in [-0.2, -0.15) is 0 Å². The molecule has 0 aliphatic heterocycles. The number of rotatable bonds is 7. The number of fused-ring (bicyclic) bond motifs is 1. The normalized spacial score (nSPS) is 11.1. The number of hydrogen-bond acceptors (Lipinski definition) is 2. The van der Waals surface area contributed by atoms with Gasteiger partial charge in [0.2, 0.25) is 11.8 Å². The molecule has 0 saturated carbocycles. The molecule has 1 aromatic heterocycles. The number of carbonyl (C=O) groups excluding carboxylic acids is 2. The Morgan fingerprint density at radius 1 is 1.20 bits per heavy atom. The van der Waals surface area contributed by atoms with Gasteiger partial charge in [-0.05, 0) is 44.0 Å². The summed E-state index contributed by atoms with van der Waals surface area (Å²) in [6, 6.07) is 10.8. The van der Waals surface area contributed by atoms with E-state index in [9.17, 15) is 14.0 Å². The molecule has 2 N–H and O–H groups in total. The lowest BCUT2D eigenvalue weighted by Crippen LogP contribution is -2.44. The second-order valence-corrected chi connectivity index (χ2v) is 8.06. The van der Waals surface area contributed by atoms with Gasteiger partial charge < -0.3 is 15.2 Å². The van der Waals surface area contributed by atoms with Crippen LogP contribution >= 0.6 is 11.6 Å². The van der Waals surface area contributed by atoms with Crippen LogP contribution in [0.3, 0.4) is 0 Å². The molecule has 1 heterocycles.